The number of piperazine rings is 1. The molecule has 3 atom stereocenters. The quantitative estimate of drug-likeness (QED) is 0.133. The lowest BCUT2D eigenvalue weighted by atomic mass is 10.0. The van der Waals surface area contributed by atoms with E-state index in [0.29, 0.717) is 44.3 Å². The van der Waals surface area contributed by atoms with Gasteiger partial charge in [0.25, 0.3) is 0 Å². The van der Waals surface area contributed by atoms with E-state index in [-0.39, 0.29) is 35.9 Å². The lowest BCUT2D eigenvalue weighted by Crippen LogP contribution is -2.56. The minimum absolute atomic E-state index is 0.0183. The van der Waals surface area contributed by atoms with Crippen LogP contribution < -0.4 is 20.9 Å². The molecule has 6 N–H and O–H groups in total. The van der Waals surface area contributed by atoms with E-state index >= 15 is 0 Å². The second-order valence-corrected chi connectivity index (χ2v) is 13.3. The van der Waals surface area contributed by atoms with Crippen molar-refractivity contribution < 1.29 is 38.1 Å². The molecule has 1 aromatic carbocycles. The Bertz CT molecular complexity index is 1250. The monoisotopic (exact) mass is 650 g/mol. The third-order valence-electron chi connectivity index (χ3n) is 7.85. The van der Waals surface area contributed by atoms with Crippen LogP contribution in [0.1, 0.15) is 51.5 Å². The van der Waals surface area contributed by atoms with Crippen LogP contribution in [0.3, 0.4) is 0 Å². The van der Waals surface area contributed by atoms with Gasteiger partial charge in [0, 0.05) is 57.8 Å². The minimum atomic E-state index is -4.68. The predicted molar refractivity (Wildman–Crippen MR) is 169 cm³/mol. The highest BCUT2D eigenvalue weighted by molar-refractivity contribution is 7.46. The Hall–Kier alpha value is -3.29. The fourth-order valence-electron chi connectivity index (χ4n) is 5.53. The standard InChI is InChI=1S/C30H47N6O8P/c1-21(2)19-25(33-28(38)13-8-22-6-10-24(11-7-22)44-45(41,42)43)30(40)36-14-4-5-26(36)29(39)32-23(9-12-27(31)37)20-35-17-15-34(3)16-18-35/h6-8,10-11,13,21,23,25-26H,4-5,9,12,14-20H2,1-3H3,(H2,31,37)(H,32,39)(H,33,38)(H2,41,42,43)/b13-8+/t23-,25-,26-/m0/s1. The van der Waals surface area contributed by atoms with Crippen LogP contribution in [-0.4, -0.2) is 113 Å². The summed E-state index contributed by atoms with van der Waals surface area (Å²) in [5.41, 5.74) is 5.98. The average molecular weight is 651 g/mol. The number of hydrogen-bond donors (Lipinski definition) is 5. The van der Waals surface area contributed by atoms with E-state index in [4.69, 9.17) is 15.5 Å². The molecule has 2 heterocycles. The summed E-state index contributed by atoms with van der Waals surface area (Å²) in [6, 6.07) is 3.97. The molecule has 2 fully saturated rings. The first-order valence-corrected chi connectivity index (χ1v) is 16.9. The number of primary amides is 1. The van der Waals surface area contributed by atoms with Crippen LogP contribution in [0.25, 0.3) is 6.08 Å². The Balaban J connectivity index is 1.64. The topological polar surface area (TPSA) is 195 Å². The Kier molecular flexibility index (Phi) is 13.6. The van der Waals surface area contributed by atoms with Crippen LogP contribution in [0, 0.1) is 5.92 Å². The lowest BCUT2D eigenvalue weighted by molar-refractivity contribution is -0.141. The Labute approximate surface area is 264 Å². The van der Waals surface area contributed by atoms with E-state index in [9.17, 15) is 23.7 Å². The number of amides is 4. The van der Waals surface area contributed by atoms with Crippen LogP contribution in [0.5, 0.6) is 5.75 Å². The predicted octanol–water partition coefficient (Wildman–Crippen LogP) is 0.691. The maximum Gasteiger partial charge on any atom is 0.524 e. The van der Waals surface area contributed by atoms with Crippen molar-refractivity contribution in [1.29, 1.82) is 0 Å². The Morgan fingerprint density at radius 2 is 1.73 bits per heavy atom. The number of likely N-dealkylation sites (N-methyl/N-ethyl adjacent to an activating group) is 1. The first-order valence-electron chi connectivity index (χ1n) is 15.3. The number of benzene rings is 1. The third-order valence-corrected chi connectivity index (χ3v) is 8.30. The number of carbonyl (C=O) groups excluding carboxylic acids is 4. The summed E-state index contributed by atoms with van der Waals surface area (Å²) in [6.07, 6.45) is 4.86. The minimum Gasteiger partial charge on any atom is -0.404 e. The molecule has 2 aliphatic rings. The first kappa shape index (κ1) is 36.2. The molecular formula is C30H47N6O8P. The van der Waals surface area contributed by atoms with Crippen molar-refractivity contribution in [3.63, 3.8) is 0 Å². The molecule has 0 aliphatic carbocycles. The number of carbonyl (C=O) groups is 4. The number of nitrogens with zero attached hydrogens (tertiary/aromatic N) is 3. The number of nitrogens with one attached hydrogen (secondary N) is 2. The van der Waals surface area contributed by atoms with Crippen molar-refractivity contribution in [1.82, 2.24) is 25.3 Å². The summed E-state index contributed by atoms with van der Waals surface area (Å²) in [5, 5.41) is 5.88. The third kappa shape index (κ3) is 12.6. The highest BCUT2D eigenvalue weighted by Crippen LogP contribution is 2.37. The molecule has 0 aromatic heterocycles. The summed E-state index contributed by atoms with van der Waals surface area (Å²) in [7, 11) is -2.61. The molecule has 250 valence electrons. The van der Waals surface area contributed by atoms with Crippen molar-refractivity contribution in [3.05, 3.63) is 35.9 Å². The van der Waals surface area contributed by atoms with Gasteiger partial charge in [-0.05, 0) is 62.4 Å². The molecule has 0 spiro atoms. The molecule has 0 unspecified atom stereocenters. The number of hydrogen-bond acceptors (Lipinski definition) is 8. The van der Waals surface area contributed by atoms with Crippen molar-refractivity contribution in [2.45, 2.75) is 64.1 Å². The number of likely N-dealkylation sites (tertiary alicyclic amines) is 1. The normalized spacial score (nSPS) is 19.4. The van der Waals surface area contributed by atoms with Crippen LogP contribution in [0.4, 0.5) is 0 Å². The van der Waals surface area contributed by atoms with Crippen LogP contribution in [0.2, 0.25) is 0 Å². The second-order valence-electron chi connectivity index (χ2n) is 12.2. The van der Waals surface area contributed by atoms with Crippen molar-refractivity contribution in [2.24, 2.45) is 11.7 Å². The van der Waals surface area contributed by atoms with E-state index in [2.05, 4.69) is 32.0 Å². The molecular weight excluding hydrogens is 603 g/mol. The molecule has 0 bridgehead atoms. The first-order chi connectivity index (χ1) is 21.2. The van der Waals surface area contributed by atoms with Gasteiger partial charge >= 0.3 is 7.82 Å². The van der Waals surface area contributed by atoms with Crippen molar-refractivity contribution in [3.8, 4) is 5.75 Å². The van der Waals surface area contributed by atoms with E-state index < -0.39 is 31.7 Å². The molecule has 2 aliphatic heterocycles. The molecule has 4 amide bonds. The molecule has 15 heteroatoms. The second kappa shape index (κ2) is 16.9. The average Bonchev–Trinajstić information content (AvgIpc) is 3.45. The highest BCUT2D eigenvalue weighted by Gasteiger charge is 2.38. The maximum atomic E-state index is 13.8. The zero-order chi connectivity index (χ0) is 33.1. The summed E-state index contributed by atoms with van der Waals surface area (Å²) < 4.78 is 15.5. The summed E-state index contributed by atoms with van der Waals surface area (Å²) >= 11 is 0. The van der Waals surface area contributed by atoms with E-state index in [1.807, 2.05) is 13.8 Å². The van der Waals surface area contributed by atoms with Crippen LogP contribution >= 0.6 is 7.82 Å². The van der Waals surface area contributed by atoms with Gasteiger partial charge in [-0.3, -0.25) is 33.9 Å². The van der Waals surface area contributed by atoms with Gasteiger partial charge in [-0.2, -0.15) is 0 Å². The molecule has 45 heavy (non-hydrogen) atoms. The summed E-state index contributed by atoms with van der Waals surface area (Å²) in [4.78, 5) is 75.6. The van der Waals surface area contributed by atoms with Gasteiger partial charge in [0.05, 0.1) is 0 Å². The number of nitrogens with two attached hydrogens (primary N) is 1. The summed E-state index contributed by atoms with van der Waals surface area (Å²) in [6.45, 7) is 8.42. The molecule has 0 saturated carbocycles. The zero-order valence-electron chi connectivity index (χ0n) is 26.3. The molecule has 0 radical (unpaired) electrons. The molecule has 1 aromatic rings. The Morgan fingerprint density at radius 3 is 2.33 bits per heavy atom. The number of phosphoric acid groups is 1. The van der Waals surface area contributed by atoms with E-state index in [0.717, 1.165) is 26.2 Å². The number of rotatable bonds is 15. The smallest absolute Gasteiger partial charge is 0.404 e. The van der Waals surface area contributed by atoms with Gasteiger partial charge in [-0.15, -0.1) is 0 Å². The molecule has 14 nitrogen and oxygen atoms in total. The maximum absolute atomic E-state index is 13.8. The zero-order valence-corrected chi connectivity index (χ0v) is 27.2. The Morgan fingerprint density at radius 1 is 1.07 bits per heavy atom. The lowest BCUT2D eigenvalue weighted by Gasteiger charge is -2.35. The van der Waals surface area contributed by atoms with Gasteiger partial charge in [-0.25, -0.2) is 4.57 Å². The van der Waals surface area contributed by atoms with Crippen molar-refractivity contribution in [2.75, 3.05) is 46.3 Å². The highest BCUT2D eigenvalue weighted by atomic mass is 31.2. The summed E-state index contributed by atoms with van der Waals surface area (Å²) in [5.74, 6) is -1.46. The van der Waals surface area contributed by atoms with Crippen LogP contribution in [-0.2, 0) is 23.7 Å². The van der Waals surface area contributed by atoms with E-state index in [1.165, 1.54) is 36.4 Å². The number of phosphoric ester groups is 1. The van der Waals surface area contributed by atoms with Gasteiger partial charge in [0.2, 0.25) is 23.6 Å². The van der Waals surface area contributed by atoms with Gasteiger partial charge in [0.15, 0.2) is 0 Å². The van der Waals surface area contributed by atoms with E-state index in [1.54, 1.807) is 4.90 Å². The van der Waals surface area contributed by atoms with Crippen LogP contribution in [0.15, 0.2) is 30.3 Å². The van der Waals surface area contributed by atoms with Crippen molar-refractivity contribution >= 4 is 37.5 Å². The molecule has 2 saturated heterocycles. The molecule has 3 rings (SSSR count). The SMILES string of the molecule is CC(C)C[C@H](NC(=O)/C=C/c1ccc(OP(=O)(O)O)cc1)C(=O)N1CCC[C@H]1C(=O)N[C@@H](CCC(N)=O)CN1CCN(C)CC1. The van der Waals surface area contributed by atoms with Gasteiger partial charge in [0.1, 0.15) is 17.8 Å². The largest absolute Gasteiger partial charge is 0.524 e. The fraction of sp³-hybridized carbons (Fsp3) is 0.600. The van der Waals surface area contributed by atoms with Gasteiger partial charge < -0.3 is 30.7 Å². The van der Waals surface area contributed by atoms with Gasteiger partial charge in [-0.1, -0.05) is 26.0 Å². The fourth-order valence-corrected chi connectivity index (χ4v) is 5.93.